The SMILES string of the molecule is CCOC(=O)C1CCCN(c2ccc(NCc3cc4cc5c(cc4[nH]c3=O)OCO5)cc2)C1. The van der Waals surface area contributed by atoms with Crippen LogP contribution < -0.4 is 25.2 Å². The number of hydrogen-bond donors (Lipinski definition) is 2. The van der Waals surface area contributed by atoms with Crippen molar-refractivity contribution in [2.24, 2.45) is 5.92 Å². The first-order chi connectivity index (χ1) is 16.1. The molecule has 8 nitrogen and oxygen atoms in total. The first-order valence-electron chi connectivity index (χ1n) is 11.3. The standard InChI is InChI=1S/C25H27N3O5/c1-2-31-25(30)16-4-3-9-28(14-16)20-7-5-19(6-8-20)26-13-18-10-17-11-22-23(33-15-32-22)12-21(17)27-24(18)29/h5-8,10-12,16,26H,2-4,9,13-15H2,1H3,(H,27,29). The van der Waals surface area contributed by atoms with Crippen LogP contribution in [-0.2, 0) is 16.1 Å². The average Bonchev–Trinajstić information content (AvgIpc) is 3.29. The third-order valence-corrected chi connectivity index (χ3v) is 6.17. The number of aromatic amines is 1. The zero-order valence-electron chi connectivity index (χ0n) is 18.6. The fourth-order valence-electron chi connectivity index (χ4n) is 4.42. The van der Waals surface area contributed by atoms with Gasteiger partial charge in [-0.05, 0) is 56.2 Å². The van der Waals surface area contributed by atoms with Gasteiger partial charge in [0.25, 0.3) is 5.56 Å². The third kappa shape index (κ3) is 4.46. The number of anilines is 2. The number of carbonyl (C=O) groups is 1. The molecule has 1 fully saturated rings. The largest absolute Gasteiger partial charge is 0.466 e. The van der Waals surface area contributed by atoms with Gasteiger partial charge in [0.05, 0.1) is 18.0 Å². The highest BCUT2D eigenvalue weighted by atomic mass is 16.7. The molecule has 2 N–H and O–H groups in total. The molecule has 33 heavy (non-hydrogen) atoms. The minimum atomic E-state index is -0.135. The number of piperidine rings is 1. The molecule has 0 bridgehead atoms. The van der Waals surface area contributed by atoms with Gasteiger partial charge in [0.2, 0.25) is 6.79 Å². The summed E-state index contributed by atoms with van der Waals surface area (Å²) in [4.78, 5) is 29.8. The van der Waals surface area contributed by atoms with Gasteiger partial charge in [-0.2, -0.15) is 0 Å². The van der Waals surface area contributed by atoms with E-state index in [0.29, 0.717) is 36.8 Å². The maximum absolute atomic E-state index is 12.5. The summed E-state index contributed by atoms with van der Waals surface area (Å²) in [5, 5.41) is 4.22. The van der Waals surface area contributed by atoms with Crippen molar-refractivity contribution >= 4 is 28.2 Å². The fraction of sp³-hybridized carbons (Fsp3) is 0.360. The average molecular weight is 450 g/mol. The van der Waals surface area contributed by atoms with E-state index < -0.39 is 0 Å². The Balaban J connectivity index is 1.25. The smallest absolute Gasteiger partial charge is 0.310 e. The predicted molar refractivity (Wildman–Crippen MR) is 126 cm³/mol. The second-order valence-electron chi connectivity index (χ2n) is 8.35. The molecular formula is C25H27N3O5. The summed E-state index contributed by atoms with van der Waals surface area (Å²) in [6.07, 6.45) is 1.84. The monoisotopic (exact) mass is 449 g/mol. The van der Waals surface area contributed by atoms with Crippen molar-refractivity contribution in [2.75, 3.05) is 36.7 Å². The van der Waals surface area contributed by atoms with E-state index in [2.05, 4.69) is 15.2 Å². The Labute approximate surface area is 191 Å². The maximum atomic E-state index is 12.5. The van der Waals surface area contributed by atoms with Crippen molar-refractivity contribution in [3.63, 3.8) is 0 Å². The Kier molecular flexibility index (Phi) is 5.81. The molecule has 3 heterocycles. The molecule has 0 radical (unpaired) electrons. The molecule has 2 aliphatic heterocycles. The van der Waals surface area contributed by atoms with Crippen molar-refractivity contribution in [3.05, 3.63) is 58.4 Å². The third-order valence-electron chi connectivity index (χ3n) is 6.17. The highest BCUT2D eigenvalue weighted by Gasteiger charge is 2.27. The maximum Gasteiger partial charge on any atom is 0.310 e. The van der Waals surface area contributed by atoms with E-state index in [-0.39, 0.29) is 24.2 Å². The molecule has 1 unspecified atom stereocenters. The minimum Gasteiger partial charge on any atom is -0.466 e. The topological polar surface area (TPSA) is 92.9 Å². The number of esters is 1. The van der Waals surface area contributed by atoms with Crippen LogP contribution in [0.1, 0.15) is 25.3 Å². The van der Waals surface area contributed by atoms with Gasteiger partial charge in [-0.15, -0.1) is 0 Å². The molecule has 0 spiro atoms. The number of rotatable bonds is 6. The molecule has 0 saturated carbocycles. The molecule has 5 rings (SSSR count). The number of aromatic nitrogens is 1. The van der Waals surface area contributed by atoms with E-state index in [1.54, 1.807) is 6.07 Å². The molecule has 3 aromatic rings. The van der Waals surface area contributed by atoms with E-state index in [9.17, 15) is 9.59 Å². The summed E-state index contributed by atoms with van der Waals surface area (Å²) in [6, 6.07) is 13.6. The Morgan fingerprint density at radius 3 is 2.76 bits per heavy atom. The molecule has 1 atom stereocenters. The summed E-state index contributed by atoms with van der Waals surface area (Å²) in [7, 11) is 0. The summed E-state index contributed by atoms with van der Waals surface area (Å²) < 4.78 is 16.0. The number of carbonyl (C=O) groups excluding carboxylic acids is 1. The Morgan fingerprint density at radius 2 is 1.97 bits per heavy atom. The van der Waals surface area contributed by atoms with Crippen LogP contribution in [0.3, 0.4) is 0 Å². The van der Waals surface area contributed by atoms with Gasteiger partial charge >= 0.3 is 5.97 Å². The Hall–Kier alpha value is -3.68. The van der Waals surface area contributed by atoms with Crippen LogP contribution in [-0.4, -0.2) is 37.4 Å². The van der Waals surface area contributed by atoms with Crippen LogP contribution >= 0.6 is 0 Å². The molecule has 2 aliphatic rings. The lowest BCUT2D eigenvalue weighted by molar-refractivity contribution is -0.148. The van der Waals surface area contributed by atoms with Crippen LogP contribution in [0.4, 0.5) is 11.4 Å². The Bertz CT molecular complexity index is 1220. The quantitative estimate of drug-likeness (QED) is 0.555. The number of fused-ring (bicyclic) bond motifs is 2. The number of hydrogen-bond acceptors (Lipinski definition) is 7. The molecule has 0 amide bonds. The molecule has 172 valence electrons. The number of benzene rings is 2. The van der Waals surface area contributed by atoms with Crippen molar-refractivity contribution in [1.29, 1.82) is 0 Å². The molecule has 1 aromatic heterocycles. The number of nitrogens with one attached hydrogen (secondary N) is 2. The Morgan fingerprint density at radius 1 is 1.18 bits per heavy atom. The highest BCUT2D eigenvalue weighted by molar-refractivity contribution is 5.83. The number of ether oxygens (including phenoxy) is 3. The van der Waals surface area contributed by atoms with E-state index in [1.807, 2.05) is 43.3 Å². The van der Waals surface area contributed by atoms with Crippen molar-refractivity contribution in [1.82, 2.24) is 4.98 Å². The zero-order valence-corrected chi connectivity index (χ0v) is 18.6. The molecule has 8 heteroatoms. The van der Waals surface area contributed by atoms with E-state index in [0.717, 1.165) is 41.7 Å². The van der Waals surface area contributed by atoms with Gasteiger partial charge < -0.3 is 29.4 Å². The van der Waals surface area contributed by atoms with Crippen LogP contribution in [0.2, 0.25) is 0 Å². The van der Waals surface area contributed by atoms with Crippen molar-refractivity contribution in [3.8, 4) is 11.5 Å². The minimum absolute atomic E-state index is 0.0747. The van der Waals surface area contributed by atoms with Crippen molar-refractivity contribution in [2.45, 2.75) is 26.3 Å². The molecule has 2 aromatic carbocycles. The normalized spacial score (nSPS) is 17.2. The lowest BCUT2D eigenvalue weighted by atomic mass is 9.97. The van der Waals surface area contributed by atoms with Crippen LogP contribution in [0.5, 0.6) is 11.5 Å². The van der Waals surface area contributed by atoms with Gasteiger partial charge in [-0.3, -0.25) is 9.59 Å². The van der Waals surface area contributed by atoms with Gasteiger partial charge in [-0.1, -0.05) is 0 Å². The first-order valence-corrected chi connectivity index (χ1v) is 11.3. The highest BCUT2D eigenvalue weighted by Crippen LogP contribution is 2.35. The second-order valence-corrected chi connectivity index (χ2v) is 8.35. The number of nitrogens with zero attached hydrogens (tertiary/aromatic N) is 1. The lowest BCUT2D eigenvalue weighted by Crippen LogP contribution is -2.39. The molecule has 1 saturated heterocycles. The van der Waals surface area contributed by atoms with Gasteiger partial charge in [0.1, 0.15) is 0 Å². The van der Waals surface area contributed by atoms with E-state index >= 15 is 0 Å². The van der Waals surface area contributed by atoms with Crippen LogP contribution in [0.25, 0.3) is 10.9 Å². The second kappa shape index (κ2) is 9.05. The van der Waals surface area contributed by atoms with Crippen LogP contribution in [0.15, 0.2) is 47.3 Å². The molecule has 0 aliphatic carbocycles. The number of pyridine rings is 1. The van der Waals surface area contributed by atoms with Crippen LogP contribution in [0, 0.1) is 5.92 Å². The molecular weight excluding hydrogens is 422 g/mol. The summed E-state index contributed by atoms with van der Waals surface area (Å²) in [5.74, 6) is 1.15. The predicted octanol–water partition coefficient (Wildman–Crippen LogP) is 3.65. The van der Waals surface area contributed by atoms with E-state index in [4.69, 9.17) is 14.2 Å². The first kappa shape index (κ1) is 21.2. The number of H-pyrrole nitrogens is 1. The summed E-state index contributed by atoms with van der Waals surface area (Å²) in [5.41, 5.74) is 3.22. The lowest BCUT2D eigenvalue weighted by Gasteiger charge is -2.33. The van der Waals surface area contributed by atoms with Gasteiger partial charge in [0.15, 0.2) is 11.5 Å². The van der Waals surface area contributed by atoms with Gasteiger partial charge in [0, 0.05) is 48.0 Å². The van der Waals surface area contributed by atoms with Gasteiger partial charge in [-0.25, -0.2) is 0 Å². The fourth-order valence-corrected chi connectivity index (χ4v) is 4.42. The van der Waals surface area contributed by atoms with Crippen molar-refractivity contribution < 1.29 is 19.0 Å². The summed E-state index contributed by atoms with van der Waals surface area (Å²) in [6.45, 7) is 4.45. The summed E-state index contributed by atoms with van der Waals surface area (Å²) >= 11 is 0. The zero-order chi connectivity index (χ0) is 22.8. The van der Waals surface area contributed by atoms with E-state index in [1.165, 1.54) is 0 Å².